The van der Waals surface area contributed by atoms with Gasteiger partial charge in [-0.3, -0.25) is 4.79 Å². The van der Waals surface area contributed by atoms with E-state index in [0.717, 1.165) is 37.3 Å². The Morgan fingerprint density at radius 3 is 2.65 bits per heavy atom. The van der Waals surface area contributed by atoms with Crippen LogP contribution in [0, 0.1) is 0 Å². The summed E-state index contributed by atoms with van der Waals surface area (Å²) in [4.78, 5) is 13.9. The summed E-state index contributed by atoms with van der Waals surface area (Å²) in [5.74, 6) is 0.826. The molecule has 20 heavy (non-hydrogen) atoms. The first-order valence-corrected chi connectivity index (χ1v) is 7.04. The number of fused-ring (bicyclic) bond motifs is 1. The Hall–Kier alpha value is -2.07. The van der Waals surface area contributed by atoms with Crippen LogP contribution in [-0.4, -0.2) is 43.6 Å². The molecule has 1 aliphatic rings. The van der Waals surface area contributed by atoms with Gasteiger partial charge in [-0.1, -0.05) is 30.3 Å². The predicted molar refractivity (Wildman–Crippen MR) is 77.7 cm³/mol. The van der Waals surface area contributed by atoms with Crippen molar-refractivity contribution >= 4 is 16.7 Å². The highest BCUT2D eigenvalue weighted by atomic mass is 16.5. The Morgan fingerprint density at radius 2 is 1.85 bits per heavy atom. The summed E-state index contributed by atoms with van der Waals surface area (Å²) in [7, 11) is 0. The highest BCUT2D eigenvalue weighted by molar-refractivity contribution is 5.84. The van der Waals surface area contributed by atoms with E-state index in [0.29, 0.717) is 0 Å². The molecule has 0 spiro atoms. The lowest BCUT2D eigenvalue weighted by molar-refractivity contribution is -0.662. The molecule has 2 aromatic carbocycles. The standard InChI is InChI=1S/C16H18N2O2/c19-16(18-9-7-17-8-10-18)12-20-15-6-5-13-3-1-2-4-14(13)11-15/h1-6,11,17H,7-10,12H2/p+1. The van der Waals surface area contributed by atoms with Crippen molar-refractivity contribution in [2.24, 2.45) is 0 Å². The fourth-order valence-corrected chi connectivity index (χ4v) is 2.49. The van der Waals surface area contributed by atoms with E-state index in [1.807, 2.05) is 41.3 Å². The summed E-state index contributed by atoms with van der Waals surface area (Å²) < 4.78 is 5.63. The van der Waals surface area contributed by atoms with Crippen molar-refractivity contribution in [3.8, 4) is 5.75 Å². The Labute approximate surface area is 118 Å². The summed E-state index contributed by atoms with van der Waals surface area (Å²) >= 11 is 0. The van der Waals surface area contributed by atoms with Crippen LogP contribution in [-0.2, 0) is 4.79 Å². The highest BCUT2D eigenvalue weighted by Gasteiger charge is 2.18. The lowest BCUT2D eigenvalue weighted by Gasteiger charge is -2.25. The number of carbonyl (C=O) groups excluding carboxylic acids is 1. The Morgan fingerprint density at radius 1 is 1.10 bits per heavy atom. The van der Waals surface area contributed by atoms with Crippen LogP contribution in [0.5, 0.6) is 5.75 Å². The molecule has 0 aliphatic carbocycles. The van der Waals surface area contributed by atoms with Crippen molar-refractivity contribution in [3.05, 3.63) is 42.5 Å². The van der Waals surface area contributed by atoms with Crippen LogP contribution in [0.25, 0.3) is 10.8 Å². The smallest absolute Gasteiger partial charge is 0.260 e. The van der Waals surface area contributed by atoms with Crippen molar-refractivity contribution in [1.29, 1.82) is 0 Å². The summed E-state index contributed by atoms with van der Waals surface area (Å²) in [6, 6.07) is 14.0. The van der Waals surface area contributed by atoms with Crippen molar-refractivity contribution < 1.29 is 14.8 Å². The number of carbonyl (C=O) groups is 1. The lowest BCUT2D eigenvalue weighted by atomic mass is 10.1. The van der Waals surface area contributed by atoms with Gasteiger partial charge in [-0.2, -0.15) is 0 Å². The fraction of sp³-hybridized carbons (Fsp3) is 0.312. The molecule has 0 bridgehead atoms. The number of hydrogen-bond acceptors (Lipinski definition) is 2. The number of benzene rings is 2. The van der Waals surface area contributed by atoms with Crippen molar-refractivity contribution in [1.82, 2.24) is 4.90 Å². The molecule has 1 fully saturated rings. The van der Waals surface area contributed by atoms with Gasteiger partial charge in [0.15, 0.2) is 6.61 Å². The van der Waals surface area contributed by atoms with Crippen LogP contribution in [0.4, 0.5) is 0 Å². The van der Waals surface area contributed by atoms with Gasteiger partial charge in [0.25, 0.3) is 5.91 Å². The number of piperazine rings is 1. The number of hydrogen-bond donors (Lipinski definition) is 1. The molecule has 0 saturated carbocycles. The van der Waals surface area contributed by atoms with E-state index in [2.05, 4.69) is 11.4 Å². The van der Waals surface area contributed by atoms with E-state index in [1.54, 1.807) is 0 Å². The van der Waals surface area contributed by atoms with Crippen LogP contribution in [0.2, 0.25) is 0 Å². The number of amides is 1. The third-order valence-electron chi connectivity index (χ3n) is 3.64. The van der Waals surface area contributed by atoms with Gasteiger partial charge >= 0.3 is 0 Å². The maximum Gasteiger partial charge on any atom is 0.260 e. The number of nitrogens with two attached hydrogens (primary N) is 1. The number of quaternary nitrogens is 1. The molecule has 2 aromatic rings. The van der Waals surface area contributed by atoms with Gasteiger partial charge < -0.3 is 15.0 Å². The minimum Gasteiger partial charge on any atom is -0.484 e. The van der Waals surface area contributed by atoms with E-state index in [-0.39, 0.29) is 12.5 Å². The van der Waals surface area contributed by atoms with Gasteiger partial charge in [-0.25, -0.2) is 0 Å². The first-order valence-electron chi connectivity index (χ1n) is 7.04. The Balaban J connectivity index is 1.62. The zero-order valence-electron chi connectivity index (χ0n) is 11.4. The van der Waals surface area contributed by atoms with Gasteiger partial charge in [0.2, 0.25) is 0 Å². The average molecular weight is 271 g/mol. The largest absolute Gasteiger partial charge is 0.484 e. The number of rotatable bonds is 3. The molecular weight excluding hydrogens is 252 g/mol. The first kappa shape index (κ1) is 12.9. The molecule has 1 amide bonds. The van der Waals surface area contributed by atoms with Gasteiger partial charge in [0.05, 0.1) is 26.2 Å². The molecule has 3 rings (SSSR count). The van der Waals surface area contributed by atoms with E-state index < -0.39 is 0 Å². The molecule has 1 aliphatic heterocycles. The highest BCUT2D eigenvalue weighted by Crippen LogP contribution is 2.20. The number of ether oxygens (including phenoxy) is 1. The molecule has 4 nitrogen and oxygen atoms in total. The zero-order chi connectivity index (χ0) is 13.8. The number of nitrogens with zero attached hydrogens (tertiary/aromatic N) is 1. The van der Waals surface area contributed by atoms with Crippen LogP contribution in [0.15, 0.2) is 42.5 Å². The summed E-state index contributed by atoms with van der Waals surface area (Å²) in [5.41, 5.74) is 0. The minimum absolute atomic E-state index is 0.0752. The second-order valence-electron chi connectivity index (χ2n) is 5.04. The molecule has 0 radical (unpaired) electrons. The van der Waals surface area contributed by atoms with E-state index >= 15 is 0 Å². The van der Waals surface area contributed by atoms with Gasteiger partial charge in [0, 0.05) is 0 Å². The summed E-state index contributed by atoms with van der Waals surface area (Å²) in [6.45, 7) is 3.74. The predicted octanol–water partition coefficient (Wildman–Crippen LogP) is 0.624. The Kier molecular flexibility index (Phi) is 3.83. The molecule has 1 heterocycles. The lowest BCUT2D eigenvalue weighted by Crippen LogP contribution is -2.90. The van der Waals surface area contributed by atoms with Gasteiger partial charge in [0.1, 0.15) is 5.75 Å². The third kappa shape index (κ3) is 2.91. The van der Waals surface area contributed by atoms with Crippen molar-refractivity contribution in [2.45, 2.75) is 0 Å². The maximum absolute atomic E-state index is 12.0. The monoisotopic (exact) mass is 271 g/mol. The summed E-state index contributed by atoms with van der Waals surface area (Å²) in [6.07, 6.45) is 0. The van der Waals surface area contributed by atoms with Gasteiger partial charge in [-0.05, 0) is 22.9 Å². The van der Waals surface area contributed by atoms with Crippen molar-refractivity contribution in [2.75, 3.05) is 32.8 Å². The SMILES string of the molecule is O=C(COc1ccc2ccccc2c1)N1CC[NH2+]CC1. The molecule has 104 valence electrons. The maximum atomic E-state index is 12.0. The fourth-order valence-electron chi connectivity index (χ4n) is 2.49. The molecular formula is C16H19N2O2+. The quantitative estimate of drug-likeness (QED) is 0.890. The molecule has 0 atom stereocenters. The van der Waals surface area contributed by atoms with E-state index in [4.69, 9.17) is 4.74 Å². The van der Waals surface area contributed by atoms with E-state index in [1.165, 1.54) is 5.39 Å². The normalized spacial score (nSPS) is 15.3. The second kappa shape index (κ2) is 5.92. The molecule has 0 unspecified atom stereocenters. The average Bonchev–Trinajstić information content (AvgIpc) is 2.53. The van der Waals surface area contributed by atoms with Crippen LogP contribution in [0.1, 0.15) is 0 Å². The van der Waals surface area contributed by atoms with Crippen LogP contribution < -0.4 is 10.1 Å². The molecule has 4 heteroatoms. The minimum atomic E-state index is 0.0752. The second-order valence-corrected chi connectivity index (χ2v) is 5.04. The molecule has 1 saturated heterocycles. The van der Waals surface area contributed by atoms with Crippen molar-refractivity contribution in [3.63, 3.8) is 0 Å². The molecule has 0 aromatic heterocycles. The molecule has 2 N–H and O–H groups in total. The van der Waals surface area contributed by atoms with E-state index in [9.17, 15) is 4.79 Å². The third-order valence-corrected chi connectivity index (χ3v) is 3.64. The van der Waals surface area contributed by atoms with Gasteiger partial charge in [-0.15, -0.1) is 0 Å². The Bertz CT molecular complexity index is 606. The van der Waals surface area contributed by atoms with Crippen LogP contribution in [0.3, 0.4) is 0 Å². The van der Waals surface area contributed by atoms with Crippen LogP contribution >= 0.6 is 0 Å². The first-order chi connectivity index (χ1) is 9.83. The summed E-state index contributed by atoms with van der Waals surface area (Å²) in [5, 5.41) is 4.54. The topological polar surface area (TPSA) is 46.1 Å². The zero-order valence-corrected chi connectivity index (χ0v) is 11.4.